The quantitative estimate of drug-likeness (QED) is 0.386. The molecule has 23 heavy (non-hydrogen) atoms. The summed E-state index contributed by atoms with van der Waals surface area (Å²) in [6.07, 6.45) is 0.00651. The number of amides is 1. The number of carbonyl (C=O) groups is 4. The molecule has 0 aliphatic carbocycles. The average Bonchev–Trinajstić information content (AvgIpc) is 2.47. The normalized spacial score (nSPS) is 16.0. The highest BCUT2D eigenvalue weighted by Gasteiger charge is 2.32. The van der Waals surface area contributed by atoms with Gasteiger partial charge in [0.15, 0.2) is 0 Å². The van der Waals surface area contributed by atoms with Gasteiger partial charge in [-0.25, -0.2) is 0 Å². The van der Waals surface area contributed by atoms with Gasteiger partial charge in [0.05, 0.1) is 17.8 Å². The van der Waals surface area contributed by atoms with Crippen LogP contribution in [-0.2, 0) is 24.0 Å². The van der Waals surface area contributed by atoms with Crippen LogP contribution in [0.4, 0.5) is 0 Å². The van der Waals surface area contributed by atoms with Crippen LogP contribution < -0.4 is 11.6 Å². The Kier molecular flexibility index (Phi) is 8.86. The SMILES string of the molecule is CCC(CC(CC(CC(C)C(=O)ON)C(=O)O)C(=O)O)C(N)=O. The molecule has 0 aliphatic rings. The smallest absolute Gasteiger partial charge is 0.327 e. The lowest BCUT2D eigenvalue weighted by Gasteiger charge is -2.22. The van der Waals surface area contributed by atoms with E-state index in [9.17, 15) is 29.4 Å². The van der Waals surface area contributed by atoms with Gasteiger partial charge in [-0.2, -0.15) is 5.90 Å². The minimum Gasteiger partial charge on any atom is -0.481 e. The van der Waals surface area contributed by atoms with Gasteiger partial charge in [0.2, 0.25) is 5.91 Å². The Labute approximate surface area is 133 Å². The van der Waals surface area contributed by atoms with Gasteiger partial charge < -0.3 is 20.8 Å². The molecule has 1 amide bonds. The highest BCUT2D eigenvalue weighted by molar-refractivity contribution is 5.79. The Bertz CT molecular complexity index is 452. The molecule has 0 aromatic heterocycles. The van der Waals surface area contributed by atoms with Crippen LogP contribution in [-0.4, -0.2) is 34.0 Å². The first-order chi connectivity index (χ1) is 10.6. The molecule has 0 aromatic rings. The minimum atomic E-state index is -1.22. The van der Waals surface area contributed by atoms with Crippen LogP contribution in [0.5, 0.6) is 0 Å². The second kappa shape index (κ2) is 9.78. The molecule has 0 fully saturated rings. The predicted octanol–water partition coefficient (Wildman–Crippen LogP) is 0.123. The van der Waals surface area contributed by atoms with Crippen LogP contribution in [0.3, 0.4) is 0 Å². The standard InChI is InChI=1S/C14H24N2O7/c1-3-8(11(15)17)5-10(13(20)21)6-9(12(18)19)4-7(2)14(22)23-16/h7-10H,3-6,16H2,1-2H3,(H2,15,17)(H,18,19)(H,20,21). The number of primary amides is 1. The predicted molar refractivity (Wildman–Crippen MR) is 78.5 cm³/mol. The Balaban J connectivity index is 5.03. The van der Waals surface area contributed by atoms with Crippen molar-refractivity contribution in [3.05, 3.63) is 0 Å². The molecule has 4 unspecified atom stereocenters. The van der Waals surface area contributed by atoms with Gasteiger partial charge in [-0.3, -0.25) is 19.2 Å². The molecule has 9 heteroatoms. The summed E-state index contributed by atoms with van der Waals surface area (Å²) in [5, 5.41) is 18.5. The Morgan fingerprint density at radius 3 is 1.74 bits per heavy atom. The molecule has 0 heterocycles. The molecule has 9 nitrogen and oxygen atoms in total. The molecule has 0 radical (unpaired) electrons. The second-order valence-electron chi connectivity index (χ2n) is 5.62. The molecular weight excluding hydrogens is 308 g/mol. The molecule has 0 saturated heterocycles. The summed E-state index contributed by atoms with van der Waals surface area (Å²) in [5.74, 6) is -2.61. The summed E-state index contributed by atoms with van der Waals surface area (Å²) in [4.78, 5) is 49.3. The molecule has 6 N–H and O–H groups in total. The summed E-state index contributed by atoms with van der Waals surface area (Å²) in [7, 11) is 0. The van der Waals surface area contributed by atoms with Gasteiger partial charge in [0.1, 0.15) is 0 Å². The summed E-state index contributed by atoms with van der Waals surface area (Å²) in [5.41, 5.74) is 5.20. The van der Waals surface area contributed by atoms with Gasteiger partial charge in [0, 0.05) is 5.92 Å². The highest BCUT2D eigenvalue weighted by Crippen LogP contribution is 2.27. The zero-order valence-electron chi connectivity index (χ0n) is 13.2. The fraction of sp³-hybridized carbons (Fsp3) is 0.714. The fourth-order valence-electron chi connectivity index (χ4n) is 2.41. The van der Waals surface area contributed by atoms with E-state index in [2.05, 4.69) is 4.84 Å². The Morgan fingerprint density at radius 2 is 1.39 bits per heavy atom. The zero-order chi connectivity index (χ0) is 18.2. The van der Waals surface area contributed by atoms with Crippen molar-refractivity contribution >= 4 is 23.8 Å². The van der Waals surface area contributed by atoms with Crippen molar-refractivity contribution in [2.75, 3.05) is 0 Å². The molecular formula is C14H24N2O7. The van der Waals surface area contributed by atoms with Gasteiger partial charge >= 0.3 is 17.9 Å². The molecule has 132 valence electrons. The molecule has 4 atom stereocenters. The topological polar surface area (TPSA) is 170 Å². The average molecular weight is 332 g/mol. The van der Waals surface area contributed by atoms with E-state index in [1.54, 1.807) is 6.92 Å². The van der Waals surface area contributed by atoms with Gasteiger partial charge in [-0.15, -0.1) is 0 Å². The van der Waals surface area contributed by atoms with Crippen LogP contribution in [0.2, 0.25) is 0 Å². The first-order valence-electron chi connectivity index (χ1n) is 7.29. The van der Waals surface area contributed by atoms with E-state index in [0.717, 1.165) is 0 Å². The summed E-state index contributed by atoms with van der Waals surface area (Å²) in [6.45, 7) is 3.14. The molecule has 0 bridgehead atoms. The lowest BCUT2D eigenvalue weighted by Crippen LogP contribution is -2.31. The minimum absolute atomic E-state index is 0.0410. The molecule has 0 saturated carbocycles. The Hall–Kier alpha value is -2.16. The van der Waals surface area contributed by atoms with E-state index >= 15 is 0 Å². The number of nitrogens with two attached hydrogens (primary N) is 2. The van der Waals surface area contributed by atoms with Gasteiger partial charge in [0.25, 0.3) is 0 Å². The number of carboxylic acids is 2. The maximum Gasteiger partial charge on any atom is 0.327 e. The monoisotopic (exact) mass is 332 g/mol. The number of rotatable bonds is 11. The van der Waals surface area contributed by atoms with Crippen molar-refractivity contribution in [3.8, 4) is 0 Å². The van der Waals surface area contributed by atoms with E-state index in [4.69, 9.17) is 11.6 Å². The number of hydrogen-bond acceptors (Lipinski definition) is 6. The van der Waals surface area contributed by atoms with Crippen LogP contribution in [0.1, 0.15) is 39.5 Å². The van der Waals surface area contributed by atoms with E-state index in [1.807, 2.05) is 0 Å². The van der Waals surface area contributed by atoms with Crippen molar-refractivity contribution in [1.29, 1.82) is 0 Å². The fourth-order valence-corrected chi connectivity index (χ4v) is 2.41. The molecule has 0 aromatic carbocycles. The van der Waals surface area contributed by atoms with Crippen LogP contribution in [0.15, 0.2) is 0 Å². The van der Waals surface area contributed by atoms with Gasteiger partial charge in [-0.05, 0) is 25.7 Å². The first kappa shape index (κ1) is 20.8. The van der Waals surface area contributed by atoms with E-state index < -0.39 is 47.5 Å². The van der Waals surface area contributed by atoms with Crippen LogP contribution in [0.25, 0.3) is 0 Å². The van der Waals surface area contributed by atoms with Crippen molar-refractivity contribution < 1.29 is 34.2 Å². The first-order valence-corrected chi connectivity index (χ1v) is 7.29. The largest absolute Gasteiger partial charge is 0.481 e. The third kappa shape index (κ3) is 7.09. The summed E-state index contributed by atoms with van der Waals surface area (Å²) >= 11 is 0. The van der Waals surface area contributed by atoms with Crippen molar-refractivity contribution in [2.24, 2.45) is 35.3 Å². The van der Waals surface area contributed by atoms with Crippen molar-refractivity contribution in [1.82, 2.24) is 0 Å². The number of hydrogen-bond donors (Lipinski definition) is 4. The third-order valence-electron chi connectivity index (χ3n) is 3.89. The zero-order valence-corrected chi connectivity index (χ0v) is 13.2. The van der Waals surface area contributed by atoms with E-state index in [1.165, 1.54) is 6.92 Å². The van der Waals surface area contributed by atoms with E-state index in [0.29, 0.717) is 6.42 Å². The summed E-state index contributed by atoms with van der Waals surface area (Å²) < 4.78 is 0. The number of aliphatic carboxylic acids is 2. The van der Waals surface area contributed by atoms with Gasteiger partial charge in [-0.1, -0.05) is 13.8 Å². The van der Waals surface area contributed by atoms with Crippen LogP contribution in [0, 0.1) is 23.7 Å². The molecule has 0 spiro atoms. The molecule has 0 rings (SSSR count). The molecule has 0 aliphatic heterocycles. The highest BCUT2D eigenvalue weighted by atomic mass is 16.7. The Morgan fingerprint density at radius 1 is 0.957 bits per heavy atom. The maximum absolute atomic E-state index is 11.4. The number of carbonyl (C=O) groups excluding carboxylic acids is 2. The summed E-state index contributed by atoms with van der Waals surface area (Å²) in [6, 6.07) is 0. The third-order valence-corrected chi connectivity index (χ3v) is 3.89. The van der Waals surface area contributed by atoms with E-state index in [-0.39, 0.29) is 19.3 Å². The lowest BCUT2D eigenvalue weighted by molar-refractivity contribution is -0.151. The van der Waals surface area contributed by atoms with Crippen molar-refractivity contribution in [2.45, 2.75) is 39.5 Å². The van der Waals surface area contributed by atoms with Crippen LogP contribution >= 0.6 is 0 Å². The number of carboxylic acid groups (broad SMARTS) is 2. The lowest BCUT2D eigenvalue weighted by atomic mass is 9.82. The maximum atomic E-state index is 11.4. The van der Waals surface area contributed by atoms with Crippen molar-refractivity contribution in [3.63, 3.8) is 0 Å². The second-order valence-corrected chi connectivity index (χ2v) is 5.62.